The highest BCUT2D eigenvalue weighted by Crippen LogP contribution is 2.27. The van der Waals surface area contributed by atoms with Crippen molar-refractivity contribution in [1.29, 1.82) is 0 Å². The van der Waals surface area contributed by atoms with Crippen LogP contribution < -0.4 is 10.5 Å². The molecule has 0 spiro atoms. The van der Waals surface area contributed by atoms with Crippen molar-refractivity contribution in [3.63, 3.8) is 0 Å². The molecule has 0 bridgehead atoms. The molecule has 0 saturated heterocycles. The van der Waals surface area contributed by atoms with E-state index < -0.39 is 0 Å². The van der Waals surface area contributed by atoms with Gasteiger partial charge in [0.25, 0.3) is 0 Å². The van der Waals surface area contributed by atoms with Crippen LogP contribution in [-0.4, -0.2) is 11.6 Å². The van der Waals surface area contributed by atoms with Crippen LogP contribution in [-0.2, 0) is 0 Å². The summed E-state index contributed by atoms with van der Waals surface area (Å²) in [5.74, 6) is 0.645. The van der Waals surface area contributed by atoms with Gasteiger partial charge >= 0.3 is 0 Å². The summed E-state index contributed by atoms with van der Waals surface area (Å²) in [7, 11) is 0. The molecule has 1 aromatic rings. The first kappa shape index (κ1) is 11.8. The van der Waals surface area contributed by atoms with Crippen molar-refractivity contribution in [3.05, 3.63) is 27.7 Å². The number of halogens is 2. The molecule has 1 aromatic carbocycles. The summed E-state index contributed by atoms with van der Waals surface area (Å²) in [5.41, 5.74) is 5.33. The number of nitrogens with two attached hydrogens (primary N) is 1. The van der Waals surface area contributed by atoms with Gasteiger partial charge < -0.3 is 10.5 Å². The number of ether oxygens (including phenoxy) is 1. The Balaban J connectivity index is 2.55. The fourth-order valence-corrected chi connectivity index (χ4v) is 1.67. The van der Waals surface area contributed by atoms with E-state index in [0.29, 0.717) is 28.8 Å². The molecule has 2 N–H and O–H groups in total. The largest absolute Gasteiger partial charge is 0.492 e. The van der Waals surface area contributed by atoms with Gasteiger partial charge in [0.1, 0.15) is 5.75 Å². The fourth-order valence-electron chi connectivity index (χ4n) is 0.854. The lowest BCUT2D eigenvalue weighted by atomic mass is 10.3. The van der Waals surface area contributed by atoms with Crippen molar-refractivity contribution in [2.45, 2.75) is 6.42 Å². The van der Waals surface area contributed by atoms with Gasteiger partial charge in [0.15, 0.2) is 0 Å². The molecular weight excluding hydrogens is 286 g/mol. The van der Waals surface area contributed by atoms with Crippen molar-refractivity contribution >= 4 is 44.7 Å². The second kappa shape index (κ2) is 5.53. The van der Waals surface area contributed by atoms with Gasteiger partial charge in [-0.05, 0) is 18.2 Å². The van der Waals surface area contributed by atoms with Gasteiger partial charge in [-0.3, -0.25) is 0 Å². The smallest absolute Gasteiger partial charge is 0.137 e. The lowest BCUT2D eigenvalue weighted by Crippen LogP contribution is -2.12. The van der Waals surface area contributed by atoms with Crippen LogP contribution in [0.5, 0.6) is 5.75 Å². The zero-order valence-corrected chi connectivity index (χ0v) is 10.5. The van der Waals surface area contributed by atoms with Crippen LogP contribution in [0.2, 0.25) is 5.02 Å². The molecule has 0 heterocycles. The van der Waals surface area contributed by atoms with E-state index >= 15 is 0 Å². The van der Waals surface area contributed by atoms with Crippen molar-refractivity contribution in [1.82, 2.24) is 0 Å². The van der Waals surface area contributed by atoms with E-state index in [0.717, 1.165) is 4.47 Å². The average Bonchev–Trinajstić information content (AvgIpc) is 2.08. The molecule has 0 aliphatic heterocycles. The molecule has 76 valence electrons. The summed E-state index contributed by atoms with van der Waals surface area (Å²) in [4.78, 5) is 0.443. The first-order valence-corrected chi connectivity index (χ1v) is 5.53. The van der Waals surface area contributed by atoms with Crippen molar-refractivity contribution in [2.24, 2.45) is 5.73 Å². The topological polar surface area (TPSA) is 35.2 Å². The van der Waals surface area contributed by atoms with Gasteiger partial charge in [-0.15, -0.1) is 0 Å². The number of hydrogen-bond donors (Lipinski definition) is 1. The number of thiocarbonyl (C=S) groups is 1. The molecule has 0 aromatic heterocycles. The maximum absolute atomic E-state index is 5.93. The number of hydrogen-bond acceptors (Lipinski definition) is 2. The monoisotopic (exact) mass is 293 g/mol. The Morgan fingerprint density at radius 1 is 1.57 bits per heavy atom. The second-order valence-corrected chi connectivity index (χ2v) is 4.49. The van der Waals surface area contributed by atoms with Crippen LogP contribution in [0.1, 0.15) is 6.42 Å². The first-order valence-electron chi connectivity index (χ1n) is 3.96. The minimum atomic E-state index is 0.443. The minimum absolute atomic E-state index is 0.443. The Labute approximate surface area is 102 Å². The maximum Gasteiger partial charge on any atom is 0.137 e. The van der Waals surface area contributed by atoms with E-state index in [-0.39, 0.29) is 0 Å². The Morgan fingerprint density at radius 3 is 2.86 bits per heavy atom. The summed E-state index contributed by atoms with van der Waals surface area (Å²) >= 11 is 14.0. The highest BCUT2D eigenvalue weighted by atomic mass is 79.9. The van der Waals surface area contributed by atoms with Crippen LogP contribution >= 0.6 is 39.7 Å². The lowest BCUT2D eigenvalue weighted by molar-refractivity contribution is 0.329. The van der Waals surface area contributed by atoms with E-state index in [1.165, 1.54) is 0 Å². The van der Waals surface area contributed by atoms with E-state index in [1.807, 2.05) is 6.07 Å². The van der Waals surface area contributed by atoms with Crippen molar-refractivity contribution in [3.8, 4) is 5.75 Å². The van der Waals surface area contributed by atoms with E-state index in [4.69, 9.17) is 34.3 Å². The molecule has 0 amide bonds. The quantitative estimate of drug-likeness (QED) is 0.866. The van der Waals surface area contributed by atoms with Crippen molar-refractivity contribution < 1.29 is 4.74 Å². The standard InChI is InChI=1S/C9H9BrClNOS/c10-6-1-2-8(7(11)5-6)13-4-3-9(12)14/h1-2,5H,3-4H2,(H2,12,14). The third-order valence-corrected chi connectivity index (χ3v) is 2.49. The number of benzene rings is 1. The van der Waals surface area contributed by atoms with Gasteiger partial charge in [0.2, 0.25) is 0 Å². The Bertz CT molecular complexity index is 346. The van der Waals surface area contributed by atoms with Gasteiger partial charge in [-0.25, -0.2) is 0 Å². The van der Waals surface area contributed by atoms with Gasteiger partial charge in [-0.2, -0.15) is 0 Å². The molecule has 0 aliphatic carbocycles. The minimum Gasteiger partial charge on any atom is -0.492 e. The van der Waals surface area contributed by atoms with E-state index in [2.05, 4.69) is 15.9 Å². The summed E-state index contributed by atoms with van der Waals surface area (Å²) in [6, 6.07) is 5.44. The predicted octanol–water partition coefficient (Wildman–Crippen LogP) is 3.16. The Kier molecular flexibility index (Phi) is 4.65. The predicted molar refractivity (Wildman–Crippen MR) is 66.0 cm³/mol. The molecule has 14 heavy (non-hydrogen) atoms. The summed E-state index contributed by atoms with van der Waals surface area (Å²) in [6.45, 7) is 0.455. The van der Waals surface area contributed by atoms with Crippen LogP contribution in [0.4, 0.5) is 0 Å². The zero-order chi connectivity index (χ0) is 10.6. The fraction of sp³-hybridized carbons (Fsp3) is 0.222. The molecule has 0 radical (unpaired) electrons. The second-order valence-electron chi connectivity index (χ2n) is 2.64. The van der Waals surface area contributed by atoms with Crippen LogP contribution in [0.25, 0.3) is 0 Å². The van der Waals surface area contributed by atoms with Crippen LogP contribution in [0.3, 0.4) is 0 Å². The van der Waals surface area contributed by atoms with E-state index in [1.54, 1.807) is 12.1 Å². The third kappa shape index (κ3) is 3.82. The molecule has 0 unspecified atom stereocenters. The maximum atomic E-state index is 5.93. The first-order chi connectivity index (χ1) is 6.59. The van der Waals surface area contributed by atoms with Crippen LogP contribution in [0.15, 0.2) is 22.7 Å². The Morgan fingerprint density at radius 2 is 2.29 bits per heavy atom. The highest BCUT2D eigenvalue weighted by molar-refractivity contribution is 9.10. The molecule has 0 aliphatic rings. The Hall–Kier alpha value is -0.320. The molecule has 1 rings (SSSR count). The normalized spacial score (nSPS) is 9.86. The molecule has 5 heteroatoms. The summed E-state index contributed by atoms with van der Waals surface area (Å²) in [6.07, 6.45) is 0.557. The zero-order valence-electron chi connectivity index (χ0n) is 7.30. The SMILES string of the molecule is NC(=S)CCOc1ccc(Br)cc1Cl. The molecule has 0 atom stereocenters. The van der Waals surface area contributed by atoms with Crippen LogP contribution in [0, 0.1) is 0 Å². The van der Waals surface area contributed by atoms with Gasteiger partial charge in [0.05, 0.1) is 16.6 Å². The lowest BCUT2D eigenvalue weighted by Gasteiger charge is -2.07. The molecular formula is C9H9BrClNOS. The summed E-state index contributed by atoms with van der Waals surface area (Å²) < 4.78 is 6.30. The molecule has 0 saturated carbocycles. The molecule has 0 fully saturated rings. The third-order valence-electron chi connectivity index (χ3n) is 1.50. The van der Waals surface area contributed by atoms with Gasteiger partial charge in [-0.1, -0.05) is 39.7 Å². The van der Waals surface area contributed by atoms with Gasteiger partial charge in [0, 0.05) is 10.9 Å². The van der Waals surface area contributed by atoms with E-state index in [9.17, 15) is 0 Å². The average molecular weight is 295 g/mol. The van der Waals surface area contributed by atoms with Crippen molar-refractivity contribution in [2.75, 3.05) is 6.61 Å². The summed E-state index contributed by atoms with van der Waals surface area (Å²) in [5, 5.41) is 0.572. The highest BCUT2D eigenvalue weighted by Gasteiger charge is 2.01. The molecule has 2 nitrogen and oxygen atoms in total. The number of rotatable bonds is 4.